The summed E-state index contributed by atoms with van der Waals surface area (Å²) in [6.07, 6.45) is 2.87. The molecule has 0 aromatic rings. The zero-order chi connectivity index (χ0) is 14.9. The number of nitrogens with zero attached hydrogens (tertiary/aromatic N) is 1. The van der Waals surface area contributed by atoms with Crippen LogP contribution in [0.15, 0.2) is 0 Å². The lowest BCUT2D eigenvalue weighted by molar-refractivity contribution is -0.134. The highest BCUT2D eigenvalue weighted by molar-refractivity contribution is 7.99. The molecule has 5 heteroatoms. The first-order valence-electron chi connectivity index (χ1n) is 8.26. The van der Waals surface area contributed by atoms with E-state index in [1.807, 2.05) is 11.8 Å². The minimum Gasteiger partial charge on any atom is -0.391 e. The summed E-state index contributed by atoms with van der Waals surface area (Å²) in [5.41, 5.74) is -0.131. The lowest BCUT2D eigenvalue weighted by Gasteiger charge is -2.49. The van der Waals surface area contributed by atoms with Crippen molar-refractivity contribution < 1.29 is 14.6 Å². The summed E-state index contributed by atoms with van der Waals surface area (Å²) in [7, 11) is 0. The third kappa shape index (κ3) is 3.27. The number of morpholine rings is 1. The molecule has 3 heterocycles. The van der Waals surface area contributed by atoms with E-state index in [9.17, 15) is 5.11 Å². The molecule has 0 aromatic carbocycles. The van der Waals surface area contributed by atoms with Crippen molar-refractivity contribution in [3.05, 3.63) is 0 Å². The molecule has 21 heavy (non-hydrogen) atoms. The second-order valence-corrected chi connectivity index (χ2v) is 8.39. The van der Waals surface area contributed by atoms with Gasteiger partial charge < -0.3 is 14.6 Å². The fourth-order valence-corrected chi connectivity index (χ4v) is 5.48. The molecule has 3 unspecified atom stereocenters. The van der Waals surface area contributed by atoms with Crippen molar-refractivity contribution in [2.24, 2.45) is 5.92 Å². The highest BCUT2D eigenvalue weighted by Gasteiger charge is 2.46. The summed E-state index contributed by atoms with van der Waals surface area (Å²) in [5, 5.41) is 11.1. The van der Waals surface area contributed by atoms with Crippen LogP contribution in [0, 0.1) is 5.92 Å². The molecule has 122 valence electrons. The van der Waals surface area contributed by atoms with E-state index in [4.69, 9.17) is 9.47 Å². The largest absolute Gasteiger partial charge is 0.391 e. The number of hydrogen-bond donors (Lipinski definition) is 1. The van der Waals surface area contributed by atoms with Gasteiger partial charge in [-0.1, -0.05) is 0 Å². The van der Waals surface area contributed by atoms with Crippen LogP contribution in [-0.4, -0.2) is 71.7 Å². The Labute approximate surface area is 132 Å². The summed E-state index contributed by atoms with van der Waals surface area (Å²) in [5.74, 6) is 2.67. The number of hydrogen-bond acceptors (Lipinski definition) is 5. The molecule has 0 radical (unpaired) electrons. The molecule has 3 aliphatic rings. The van der Waals surface area contributed by atoms with Crippen molar-refractivity contribution in [1.82, 2.24) is 4.90 Å². The van der Waals surface area contributed by atoms with E-state index in [0.717, 1.165) is 57.9 Å². The lowest BCUT2D eigenvalue weighted by atomic mass is 9.76. The molecule has 1 spiro atoms. The van der Waals surface area contributed by atoms with Gasteiger partial charge in [-0.05, 0) is 44.8 Å². The van der Waals surface area contributed by atoms with Crippen LogP contribution in [0.4, 0.5) is 0 Å². The van der Waals surface area contributed by atoms with Gasteiger partial charge in [0.1, 0.15) is 0 Å². The zero-order valence-electron chi connectivity index (χ0n) is 13.3. The van der Waals surface area contributed by atoms with Crippen LogP contribution in [0.25, 0.3) is 0 Å². The molecule has 0 bridgehead atoms. The maximum Gasteiger partial charge on any atom is 0.0783 e. The summed E-state index contributed by atoms with van der Waals surface area (Å²) in [4.78, 5) is 2.40. The van der Waals surface area contributed by atoms with Crippen LogP contribution in [0.2, 0.25) is 0 Å². The number of rotatable bonds is 3. The van der Waals surface area contributed by atoms with Crippen molar-refractivity contribution in [3.63, 3.8) is 0 Å². The van der Waals surface area contributed by atoms with E-state index in [1.165, 1.54) is 5.75 Å². The van der Waals surface area contributed by atoms with Crippen LogP contribution in [-0.2, 0) is 9.47 Å². The van der Waals surface area contributed by atoms with E-state index in [2.05, 4.69) is 18.7 Å². The lowest BCUT2D eigenvalue weighted by Crippen LogP contribution is -2.59. The van der Waals surface area contributed by atoms with Gasteiger partial charge in [0.15, 0.2) is 0 Å². The molecule has 3 saturated heterocycles. The molecule has 3 fully saturated rings. The van der Waals surface area contributed by atoms with E-state index in [0.29, 0.717) is 5.92 Å². The fraction of sp³-hybridized carbons (Fsp3) is 1.00. The van der Waals surface area contributed by atoms with Gasteiger partial charge in [-0.15, -0.1) is 0 Å². The Balaban J connectivity index is 1.66. The topological polar surface area (TPSA) is 41.9 Å². The molecule has 4 nitrogen and oxygen atoms in total. The van der Waals surface area contributed by atoms with E-state index < -0.39 is 0 Å². The van der Waals surface area contributed by atoms with Gasteiger partial charge >= 0.3 is 0 Å². The van der Waals surface area contributed by atoms with Crippen molar-refractivity contribution >= 4 is 11.8 Å². The van der Waals surface area contributed by atoms with Crippen LogP contribution in [0.1, 0.15) is 33.1 Å². The fourth-order valence-electron chi connectivity index (χ4n) is 4.10. The number of ether oxygens (including phenoxy) is 2. The van der Waals surface area contributed by atoms with Crippen molar-refractivity contribution in [2.45, 2.75) is 50.4 Å². The van der Waals surface area contributed by atoms with Gasteiger partial charge in [0, 0.05) is 31.0 Å². The molecular formula is C16H29NO3S. The van der Waals surface area contributed by atoms with Crippen molar-refractivity contribution in [2.75, 3.05) is 44.4 Å². The Morgan fingerprint density at radius 1 is 1.29 bits per heavy atom. The van der Waals surface area contributed by atoms with Gasteiger partial charge in [-0.3, -0.25) is 4.90 Å². The summed E-state index contributed by atoms with van der Waals surface area (Å²) in [6.45, 7) is 8.60. The smallest absolute Gasteiger partial charge is 0.0783 e. The summed E-state index contributed by atoms with van der Waals surface area (Å²) >= 11 is 2.00. The van der Waals surface area contributed by atoms with Gasteiger partial charge in [0.2, 0.25) is 0 Å². The third-order valence-corrected chi connectivity index (χ3v) is 6.82. The van der Waals surface area contributed by atoms with Crippen molar-refractivity contribution in [3.8, 4) is 0 Å². The molecule has 0 saturated carbocycles. The summed E-state index contributed by atoms with van der Waals surface area (Å²) in [6, 6.07) is 0. The molecule has 1 N–H and O–H groups in total. The molecule has 3 atom stereocenters. The Bertz CT molecular complexity index is 351. The van der Waals surface area contributed by atoms with Crippen LogP contribution in [0.5, 0.6) is 0 Å². The third-order valence-electron chi connectivity index (χ3n) is 5.59. The number of aliphatic hydroxyl groups is 1. The number of aliphatic hydroxyl groups excluding tert-OH is 1. The Hall–Kier alpha value is 0.190. The predicted octanol–water partition coefficient (Wildman–Crippen LogP) is 1.76. The zero-order valence-corrected chi connectivity index (χ0v) is 14.2. The van der Waals surface area contributed by atoms with Gasteiger partial charge in [-0.2, -0.15) is 11.8 Å². The van der Waals surface area contributed by atoms with Crippen LogP contribution >= 0.6 is 11.8 Å². The minimum absolute atomic E-state index is 0.0512. The average Bonchev–Trinajstić information content (AvgIpc) is 2.95. The second-order valence-electron chi connectivity index (χ2n) is 7.28. The van der Waals surface area contributed by atoms with Gasteiger partial charge in [0.25, 0.3) is 0 Å². The highest BCUT2D eigenvalue weighted by atomic mass is 32.2. The number of thioether (sulfide) groups is 1. The van der Waals surface area contributed by atoms with E-state index in [-0.39, 0.29) is 17.2 Å². The predicted molar refractivity (Wildman–Crippen MR) is 85.8 cm³/mol. The van der Waals surface area contributed by atoms with Gasteiger partial charge in [0.05, 0.1) is 24.9 Å². The first-order valence-corrected chi connectivity index (χ1v) is 9.42. The SMILES string of the molecule is CC(C)(C(O)C1CCOC2(CCSC2)C1)N1CCOCC1. The standard InChI is InChI=1S/C16H29NO3S/c1-15(2,17-5-8-19-9-6-17)14(18)13-3-7-20-16(11-13)4-10-21-12-16/h13-14,18H,3-12H2,1-2H3. The average molecular weight is 315 g/mol. The minimum atomic E-state index is -0.290. The second kappa shape index (κ2) is 6.36. The van der Waals surface area contributed by atoms with Crippen molar-refractivity contribution in [1.29, 1.82) is 0 Å². The van der Waals surface area contributed by atoms with Crippen LogP contribution < -0.4 is 0 Å². The van der Waals surface area contributed by atoms with E-state index in [1.54, 1.807) is 0 Å². The maximum atomic E-state index is 11.1. The Morgan fingerprint density at radius 2 is 2.05 bits per heavy atom. The van der Waals surface area contributed by atoms with Crippen LogP contribution in [0.3, 0.4) is 0 Å². The first-order chi connectivity index (χ1) is 10.0. The highest BCUT2D eigenvalue weighted by Crippen LogP contribution is 2.43. The summed E-state index contributed by atoms with van der Waals surface area (Å²) < 4.78 is 11.5. The van der Waals surface area contributed by atoms with Gasteiger partial charge in [-0.25, -0.2) is 0 Å². The molecular weight excluding hydrogens is 286 g/mol. The molecule has 3 rings (SSSR count). The monoisotopic (exact) mass is 315 g/mol. The Kier molecular flexibility index (Phi) is 4.86. The quantitative estimate of drug-likeness (QED) is 0.859. The molecule has 3 aliphatic heterocycles. The van der Waals surface area contributed by atoms with E-state index >= 15 is 0 Å². The molecule has 0 amide bonds. The molecule has 0 aliphatic carbocycles. The normalized spacial score (nSPS) is 37.0. The Morgan fingerprint density at radius 3 is 2.71 bits per heavy atom. The molecule has 0 aromatic heterocycles. The first kappa shape index (κ1) is 16.1. The maximum absolute atomic E-state index is 11.1.